The normalized spacial score (nSPS) is 10.4. The molecular weight excluding hydrogens is 272 g/mol. The van der Waals surface area contributed by atoms with Gasteiger partial charge < -0.3 is 5.32 Å². The number of aryl methyl sites for hydroxylation is 1. The summed E-state index contributed by atoms with van der Waals surface area (Å²) in [6.07, 6.45) is 1.42. The van der Waals surface area contributed by atoms with E-state index in [9.17, 15) is 5.26 Å². The van der Waals surface area contributed by atoms with Gasteiger partial charge in [-0.1, -0.05) is 37.6 Å². The predicted molar refractivity (Wildman–Crippen MR) is 80.3 cm³/mol. The van der Waals surface area contributed by atoms with E-state index in [-0.39, 0.29) is 5.92 Å². The highest BCUT2D eigenvalue weighted by atomic mass is 35.5. The Hall–Kier alpha value is -2.12. The highest BCUT2D eigenvalue weighted by Gasteiger charge is 2.15. The molecule has 0 aliphatic heterocycles. The lowest BCUT2D eigenvalue weighted by molar-refractivity contribution is 0.850. The zero-order chi connectivity index (χ0) is 14.7. The summed E-state index contributed by atoms with van der Waals surface area (Å²) in [6, 6.07) is 7.86. The lowest BCUT2D eigenvalue weighted by atomic mass is 10.0. The molecule has 4 nitrogen and oxygen atoms in total. The summed E-state index contributed by atoms with van der Waals surface area (Å²) in [5, 5.41) is 12.9. The molecule has 0 aliphatic carbocycles. The Morgan fingerprint density at radius 3 is 2.70 bits per heavy atom. The van der Waals surface area contributed by atoms with E-state index in [4.69, 9.17) is 11.6 Å². The Bertz CT molecular complexity index is 674. The minimum atomic E-state index is 0.182. The summed E-state index contributed by atoms with van der Waals surface area (Å²) in [5.41, 5.74) is 3.10. The number of nitrogens with one attached hydrogen (secondary N) is 1. The van der Waals surface area contributed by atoms with Crippen molar-refractivity contribution in [1.82, 2.24) is 9.97 Å². The zero-order valence-corrected chi connectivity index (χ0v) is 12.4. The van der Waals surface area contributed by atoms with Crippen LogP contribution in [0.2, 0.25) is 5.15 Å². The summed E-state index contributed by atoms with van der Waals surface area (Å²) >= 11 is 6.14. The highest BCUT2D eigenvalue weighted by molar-refractivity contribution is 6.30. The maximum absolute atomic E-state index is 9.26. The molecule has 0 amide bonds. The molecule has 5 heteroatoms. The second-order valence-electron chi connectivity index (χ2n) is 4.82. The third kappa shape index (κ3) is 2.73. The van der Waals surface area contributed by atoms with Crippen molar-refractivity contribution in [2.24, 2.45) is 0 Å². The quantitative estimate of drug-likeness (QED) is 0.860. The Kier molecular flexibility index (Phi) is 4.21. The predicted octanol–water partition coefficient (Wildman–Crippen LogP) is 4.18. The van der Waals surface area contributed by atoms with Crippen LogP contribution in [-0.4, -0.2) is 9.97 Å². The van der Waals surface area contributed by atoms with Crippen LogP contribution in [0.15, 0.2) is 24.5 Å². The standard InChI is InChI=1S/C15H15ClN4/c1-9(2)13-14(16)18-8-19-15(13)20-12-6-4-5-10(3)11(12)7-17/h4-6,8-9H,1-3H3,(H,18,19,20). The van der Waals surface area contributed by atoms with Crippen LogP contribution < -0.4 is 5.32 Å². The lowest BCUT2D eigenvalue weighted by Crippen LogP contribution is -2.04. The number of aromatic nitrogens is 2. The van der Waals surface area contributed by atoms with E-state index in [0.717, 1.165) is 16.8 Å². The summed E-state index contributed by atoms with van der Waals surface area (Å²) in [7, 11) is 0. The third-order valence-corrected chi connectivity index (χ3v) is 3.35. The number of hydrogen-bond acceptors (Lipinski definition) is 4. The van der Waals surface area contributed by atoms with Gasteiger partial charge in [-0.2, -0.15) is 5.26 Å². The van der Waals surface area contributed by atoms with Crippen molar-refractivity contribution in [2.45, 2.75) is 26.7 Å². The Balaban J connectivity index is 2.49. The van der Waals surface area contributed by atoms with Crippen LogP contribution in [0.3, 0.4) is 0 Å². The van der Waals surface area contributed by atoms with Crippen LogP contribution in [0.25, 0.3) is 0 Å². The summed E-state index contributed by atoms with van der Waals surface area (Å²) in [5.74, 6) is 0.823. The first-order valence-corrected chi connectivity index (χ1v) is 6.69. The molecule has 1 N–H and O–H groups in total. The molecule has 0 saturated heterocycles. The van der Waals surface area contributed by atoms with E-state index >= 15 is 0 Å². The average molecular weight is 287 g/mol. The van der Waals surface area contributed by atoms with E-state index in [1.807, 2.05) is 39.0 Å². The lowest BCUT2D eigenvalue weighted by Gasteiger charge is -2.15. The molecule has 102 valence electrons. The number of nitrogens with zero attached hydrogens (tertiary/aromatic N) is 3. The fourth-order valence-electron chi connectivity index (χ4n) is 2.03. The molecular formula is C15H15ClN4. The van der Waals surface area contributed by atoms with Crippen LogP contribution in [0.5, 0.6) is 0 Å². The van der Waals surface area contributed by atoms with Crippen LogP contribution in [-0.2, 0) is 0 Å². The van der Waals surface area contributed by atoms with Gasteiger partial charge in [-0.05, 0) is 24.5 Å². The first kappa shape index (κ1) is 14.3. The molecule has 0 atom stereocenters. The van der Waals surface area contributed by atoms with Crippen molar-refractivity contribution in [3.05, 3.63) is 46.4 Å². The van der Waals surface area contributed by atoms with Gasteiger partial charge in [-0.15, -0.1) is 0 Å². The molecule has 2 rings (SSSR count). The molecule has 0 spiro atoms. The van der Waals surface area contributed by atoms with Crippen LogP contribution >= 0.6 is 11.6 Å². The minimum Gasteiger partial charge on any atom is -0.339 e. The number of nitriles is 1. The second kappa shape index (κ2) is 5.89. The van der Waals surface area contributed by atoms with Gasteiger partial charge in [0.25, 0.3) is 0 Å². The van der Waals surface area contributed by atoms with Crippen molar-refractivity contribution < 1.29 is 0 Å². The third-order valence-electron chi connectivity index (χ3n) is 3.05. The van der Waals surface area contributed by atoms with Gasteiger partial charge in [0.2, 0.25) is 0 Å². The zero-order valence-electron chi connectivity index (χ0n) is 11.6. The molecule has 0 aliphatic rings. The topological polar surface area (TPSA) is 61.6 Å². The largest absolute Gasteiger partial charge is 0.339 e. The number of hydrogen-bond donors (Lipinski definition) is 1. The van der Waals surface area contributed by atoms with Gasteiger partial charge in [-0.3, -0.25) is 0 Å². The minimum absolute atomic E-state index is 0.182. The second-order valence-corrected chi connectivity index (χ2v) is 5.17. The molecule has 20 heavy (non-hydrogen) atoms. The number of rotatable bonds is 3. The van der Waals surface area contributed by atoms with Crippen molar-refractivity contribution in [3.8, 4) is 6.07 Å². The number of halogens is 1. The molecule has 1 heterocycles. The van der Waals surface area contributed by atoms with Crippen molar-refractivity contribution in [2.75, 3.05) is 5.32 Å². The maximum atomic E-state index is 9.26. The van der Waals surface area contributed by atoms with Crippen molar-refractivity contribution in [3.63, 3.8) is 0 Å². The van der Waals surface area contributed by atoms with Crippen LogP contribution in [0.1, 0.15) is 36.5 Å². The SMILES string of the molecule is Cc1cccc(Nc2ncnc(Cl)c2C(C)C)c1C#N. The Labute approximate surface area is 123 Å². The monoisotopic (exact) mass is 286 g/mol. The van der Waals surface area contributed by atoms with Gasteiger partial charge in [0, 0.05) is 5.56 Å². The molecule has 0 saturated carbocycles. The van der Waals surface area contributed by atoms with E-state index in [2.05, 4.69) is 21.4 Å². The average Bonchev–Trinajstić information content (AvgIpc) is 2.38. The summed E-state index contributed by atoms with van der Waals surface area (Å²) in [6.45, 7) is 5.95. The fraction of sp³-hybridized carbons (Fsp3) is 0.267. The fourth-order valence-corrected chi connectivity index (χ4v) is 2.38. The van der Waals surface area contributed by atoms with Crippen LogP contribution in [0.4, 0.5) is 11.5 Å². The number of benzene rings is 1. The van der Waals surface area contributed by atoms with Gasteiger partial charge in [0.05, 0.1) is 11.3 Å². The Morgan fingerprint density at radius 1 is 1.30 bits per heavy atom. The van der Waals surface area contributed by atoms with E-state index in [1.165, 1.54) is 6.33 Å². The molecule has 0 radical (unpaired) electrons. The van der Waals surface area contributed by atoms with Gasteiger partial charge in [0.1, 0.15) is 23.4 Å². The molecule has 0 bridgehead atoms. The smallest absolute Gasteiger partial charge is 0.138 e. The van der Waals surface area contributed by atoms with Crippen LogP contribution in [0, 0.1) is 18.3 Å². The van der Waals surface area contributed by atoms with Crippen molar-refractivity contribution in [1.29, 1.82) is 5.26 Å². The molecule has 1 aromatic carbocycles. The van der Waals surface area contributed by atoms with E-state index in [1.54, 1.807) is 0 Å². The molecule has 1 aromatic heterocycles. The molecule has 0 fully saturated rings. The first-order chi connectivity index (χ1) is 9.54. The summed E-state index contributed by atoms with van der Waals surface area (Å²) in [4.78, 5) is 8.26. The van der Waals surface area contributed by atoms with E-state index in [0.29, 0.717) is 16.5 Å². The molecule has 0 unspecified atom stereocenters. The summed E-state index contributed by atoms with van der Waals surface area (Å²) < 4.78 is 0. The van der Waals surface area contributed by atoms with Gasteiger partial charge in [0.15, 0.2) is 0 Å². The number of anilines is 2. The van der Waals surface area contributed by atoms with Gasteiger partial charge in [-0.25, -0.2) is 9.97 Å². The van der Waals surface area contributed by atoms with Gasteiger partial charge >= 0.3 is 0 Å². The van der Waals surface area contributed by atoms with Crippen molar-refractivity contribution >= 4 is 23.1 Å². The van der Waals surface area contributed by atoms with E-state index < -0.39 is 0 Å². The molecule has 2 aromatic rings. The maximum Gasteiger partial charge on any atom is 0.138 e. The highest BCUT2D eigenvalue weighted by Crippen LogP contribution is 2.31. The first-order valence-electron chi connectivity index (χ1n) is 6.31. The Morgan fingerprint density at radius 2 is 2.05 bits per heavy atom.